The molecule has 1 aliphatic heterocycles. The lowest BCUT2D eigenvalue weighted by Crippen LogP contribution is -2.42. The van der Waals surface area contributed by atoms with Crippen molar-refractivity contribution in [2.24, 2.45) is 0 Å². The number of imidazole rings is 1. The number of aromatic nitrogens is 4. The molecule has 1 aromatic carbocycles. The van der Waals surface area contributed by atoms with Crippen molar-refractivity contribution in [2.75, 3.05) is 12.3 Å². The van der Waals surface area contributed by atoms with Crippen LogP contribution in [0.15, 0.2) is 30.6 Å². The van der Waals surface area contributed by atoms with Gasteiger partial charge in [0.05, 0.1) is 6.33 Å². The Hall–Kier alpha value is -4.05. The minimum Gasteiger partial charge on any atom is -0.481 e. The first-order valence-electron chi connectivity index (χ1n) is 10.9. The number of carbonyl (C=O) groups excluding carboxylic acids is 1. The molecule has 1 amide bonds. The molecule has 0 spiro atoms. The number of aliphatic carboxylic acids is 1. The highest BCUT2D eigenvalue weighted by molar-refractivity contribution is 5.83. The van der Waals surface area contributed by atoms with Gasteiger partial charge in [-0.3, -0.25) is 14.2 Å². The summed E-state index contributed by atoms with van der Waals surface area (Å²) in [5.74, 6) is 4.52. The predicted molar refractivity (Wildman–Crippen MR) is 123 cm³/mol. The second-order valence-corrected chi connectivity index (χ2v) is 7.92. The molecule has 0 radical (unpaired) electrons. The normalized spacial score (nSPS) is 21.5. The Morgan fingerprint density at radius 2 is 1.91 bits per heavy atom. The molecule has 1 unspecified atom stereocenters. The fourth-order valence-corrected chi connectivity index (χ4v) is 3.70. The van der Waals surface area contributed by atoms with Gasteiger partial charge in [-0.2, -0.15) is 0 Å². The second-order valence-electron chi connectivity index (χ2n) is 7.92. The molecule has 12 nitrogen and oxygen atoms in total. The van der Waals surface area contributed by atoms with Crippen molar-refractivity contribution < 1.29 is 29.6 Å². The molecule has 0 saturated carbocycles. The zero-order chi connectivity index (χ0) is 25.1. The van der Waals surface area contributed by atoms with Gasteiger partial charge in [0.1, 0.15) is 17.7 Å². The third-order valence-electron chi connectivity index (χ3n) is 5.47. The molecule has 1 fully saturated rings. The smallest absolute Gasteiger partial charge is 0.303 e. The number of fused-ring (bicyclic) bond motifs is 1. The predicted octanol–water partition coefficient (Wildman–Crippen LogP) is -0.419. The number of carboxylic acids is 1. The minimum absolute atomic E-state index is 0.0479. The maximum absolute atomic E-state index is 12.2. The number of ether oxygens (including phenoxy) is 1. The van der Waals surface area contributed by atoms with Crippen LogP contribution in [-0.2, 0) is 20.7 Å². The molecule has 3 heterocycles. The maximum atomic E-state index is 12.2. The highest BCUT2D eigenvalue weighted by Crippen LogP contribution is 2.32. The molecule has 3 aromatic rings. The number of nitrogen functional groups attached to an aromatic ring is 1. The molecule has 35 heavy (non-hydrogen) atoms. The summed E-state index contributed by atoms with van der Waals surface area (Å²) in [4.78, 5) is 35.6. The van der Waals surface area contributed by atoms with Gasteiger partial charge in [0, 0.05) is 18.5 Å². The molecule has 12 heteroatoms. The van der Waals surface area contributed by atoms with E-state index in [-0.39, 0.29) is 29.2 Å². The third-order valence-corrected chi connectivity index (χ3v) is 5.47. The summed E-state index contributed by atoms with van der Waals surface area (Å²) in [7, 11) is 0. The van der Waals surface area contributed by atoms with Crippen molar-refractivity contribution in [3.05, 3.63) is 47.5 Å². The average Bonchev–Trinajstić information content (AvgIpc) is 3.38. The van der Waals surface area contributed by atoms with E-state index in [0.717, 1.165) is 5.56 Å². The Morgan fingerprint density at radius 1 is 1.17 bits per heavy atom. The average molecular weight is 480 g/mol. The zero-order valence-electron chi connectivity index (χ0n) is 18.8. The number of aliphatic hydroxyl groups is 2. The molecule has 4 rings (SSSR count). The lowest BCUT2D eigenvalue weighted by molar-refractivity contribution is -0.138. The number of nitrogens with one attached hydrogen (secondary N) is 1. The molecular formula is C23H24N6O6. The fraction of sp³-hybridized carbons (Fsp3) is 0.348. The van der Waals surface area contributed by atoms with E-state index >= 15 is 0 Å². The first-order chi connectivity index (χ1) is 16.8. The number of likely N-dealkylation sites (N-methyl/N-ethyl adjacent to an activating group) is 1. The number of amides is 1. The summed E-state index contributed by atoms with van der Waals surface area (Å²) in [5.41, 5.74) is 8.06. The van der Waals surface area contributed by atoms with Crippen LogP contribution in [0.25, 0.3) is 11.2 Å². The van der Waals surface area contributed by atoms with Crippen LogP contribution >= 0.6 is 0 Å². The number of carbonyl (C=O) groups is 2. The Morgan fingerprint density at radius 3 is 2.60 bits per heavy atom. The number of carboxylic acid groups (broad SMARTS) is 1. The van der Waals surface area contributed by atoms with Crippen molar-refractivity contribution in [1.29, 1.82) is 0 Å². The van der Waals surface area contributed by atoms with Gasteiger partial charge in [-0.1, -0.05) is 18.1 Å². The number of benzene rings is 1. The highest BCUT2D eigenvalue weighted by atomic mass is 16.6. The van der Waals surface area contributed by atoms with Gasteiger partial charge in [-0.05, 0) is 37.0 Å². The number of anilines is 1. The molecule has 6 N–H and O–H groups in total. The Balaban J connectivity index is 1.59. The Kier molecular flexibility index (Phi) is 6.92. The van der Waals surface area contributed by atoms with Crippen LogP contribution in [0.1, 0.15) is 36.5 Å². The van der Waals surface area contributed by atoms with E-state index in [0.29, 0.717) is 18.5 Å². The molecule has 2 aromatic heterocycles. The van der Waals surface area contributed by atoms with E-state index in [4.69, 9.17) is 15.6 Å². The van der Waals surface area contributed by atoms with Gasteiger partial charge in [0.2, 0.25) is 5.82 Å². The van der Waals surface area contributed by atoms with Crippen molar-refractivity contribution in [1.82, 2.24) is 24.8 Å². The molecule has 182 valence electrons. The van der Waals surface area contributed by atoms with Gasteiger partial charge in [-0.25, -0.2) is 15.0 Å². The molecule has 0 bridgehead atoms. The standard InChI is InChI=1S/C23H24N6O6/c1-2-25-22(34)19-17(32)18(33)23(35-19)29-11-26-16-20(24)27-14(28-21(16)29)9-7-12-3-5-13(6-4-12)8-10-15(30)31/h3-6,11,17-19,23,32-33H,2,8,10H2,1H3,(H,25,34)(H,30,31)(H2,24,27,28)/t17-,18+,19-,23?/m0/s1. The van der Waals surface area contributed by atoms with Crippen LogP contribution in [0.5, 0.6) is 0 Å². The van der Waals surface area contributed by atoms with Crippen molar-refractivity contribution in [3.63, 3.8) is 0 Å². The lowest BCUT2D eigenvalue weighted by Gasteiger charge is -2.16. The third kappa shape index (κ3) is 5.07. The first kappa shape index (κ1) is 24.1. The fourth-order valence-electron chi connectivity index (χ4n) is 3.70. The van der Waals surface area contributed by atoms with Gasteiger partial charge >= 0.3 is 5.97 Å². The van der Waals surface area contributed by atoms with Crippen LogP contribution in [0.2, 0.25) is 0 Å². The van der Waals surface area contributed by atoms with Crippen LogP contribution in [0.4, 0.5) is 5.82 Å². The van der Waals surface area contributed by atoms with E-state index in [1.807, 2.05) is 0 Å². The molecular weight excluding hydrogens is 456 g/mol. The van der Waals surface area contributed by atoms with Gasteiger partial charge in [0.25, 0.3) is 5.91 Å². The lowest BCUT2D eigenvalue weighted by atomic mass is 10.1. The number of hydrogen-bond acceptors (Lipinski definition) is 9. The van der Waals surface area contributed by atoms with Crippen LogP contribution in [0, 0.1) is 11.8 Å². The summed E-state index contributed by atoms with van der Waals surface area (Å²) in [6.07, 6.45) is -3.43. The van der Waals surface area contributed by atoms with Gasteiger partial charge < -0.3 is 31.1 Å². The van der Waals surface area contributed by atoms with Gasteiger partial charge in [-0.15, -0.1) is 0 Å². The van der Waals surface area contributed by atoms with E-state index in [2.05, 4.69) is 32.1 Å². The van der Waals surface area contributed by atoms with E-state index in [9.17, 15) is 19.8 Å². The summed E-state index contributed by atoms with van der Waals surface area (Å²) < 4.78 is 7.02. The highest BCUT2D eigenvalue weighted by Gasteiger charge is 2.47. The maximum Gasteiger partial charge on any atom is 0.303 e. The van der Waals surface area contributed by atoms with Gasteiger partial charge in [0.15, 0.2) is 23.8 Å². The number of hydrogen-bond donors (Lipinski definition) is 5. The van der Waals surface area contributed by atoms with Crippen molar-refractivity contribution in [3.8, 4) is 11.8 Å². The summed E-state index contributed by atoms with van der Waals surface area (Å²) >= 11 is 0. The van der Waals surface area contributed by atoms with Crippen LogP contribution in [0.3, 0.4) is 0 Å². The number of aliphatic hydroxyl groups excluding tert-OH is 2. The molecule has 1 aliphatic rings. The first-order valence-corrected chi connectivity index (χ1v) is 10.9. The monoisotopic (exact) mass is 480 g/mol. The molecule has 4 atom stereocenters. The summed E-state index contributed by atoms with van der Waals surface area (Å²) in [6, 6.07) is 7.13. The largest absolute Gasteiger partial charge is 0.481 e. The number of nitrogens with zero attached hydrogens (tertiary/aromatic N) is 4. The quantitative estimate of drug-likeness (QED) is 0.290. The van der Waals surface area contributed by atoms with Crippen LogP contribution in [-0.4, -0.2) is 71.6 Å². The molecule has 1 saturated heterocycles. The minimum atomic E-state index is -1.44. The Bertz CT molecular complexity index is 1310. The molecule has 0 aliphatic carbocycles. The summed E-state index contributed by atoms with van der Waals surface area (Å²) in [6.45, 7) is 2.07. The SMILES string of the molecule is CCNC(=O)[C@H]1OC(n2cnc3c(N)nc(C#Cc4ccc(CCC(=O)O)cc4)nc32)[C@H](O)[C@@H]1O. The second kappa shape index (κ2) is 10.1. The zero-order valence-corrected chi connectivity index (χ0v) is 18.8. The number of aryl methyl sites for hydroxylation is 1. The van der Waals surface area contributed by atoms with Crippen molar-refractivity contribution >= 4 is 28.9 Å². The summed E-state index contributed by atoms with van der Waals surface area (Å²) in [5, 5.41) is 32.2. The topological polar surface area (TPSA) is 186 Å². The number of rotatable bonds is 6. The van der Waals surface area contributed by atoms with E-state index in [1.165, 1.54) is 10.9 Å². The number of nitrogens with two attached hydrogens (primary N) is 1. The van der Waals surface area contributed by atoms with Crippen LogP contribution < -0.4 is 11.1 Å². The van der Waals surface area contributed by atoms with E-state index < -0.39 is 36.4 Å². The van der Waals surface area contributed by atoms with E-state index in [1.54, 1.807) is 31.2 Å². The Labute approximate surface area is 199 Å². The van der Waals surface area contributed by atoms with Crippen molar-refractivity contribution in [2.45, 2.75) is 44.3 Å².